The highest BCUT2D eigenvalue weighted by molar-refractivity contribution is 5.88. The molecule has 86 valence electrons. The maximum absolute atomic E-state index is 11.5. The van der Waals surface area contributed by atoms with E-state index >= 15 is 0 Å². The predicted molar refractivity (Wildman–Crippen MR) is 59.5 cm³/mol. The molecule has 0 aromatic rings. The highest BCUT2D eigenvalue weighted by Crippen LogP contribution is 2.31. The van der Waals surface area contributed by atoms with Gasteiger partial charge >= 0.3 is 0 Å². The van der Waals surface area contributed by atoms with Crippen molar-refractivity contribution in [1.82, 2.24) is 10.2 Å². The van der Waals surface area contributed by atoms with Crippen molar-refractivity contribution >= 4 is 5.91 Å². The lowest BCUT2D eigenvalue weighted by Crippen LogP contribution is -2.45. The molecule has 4 nitrogen and oxygen atoms in total. The number of hydrogen-bond acceptors (Lipinski definition) is 3. The minimum absolute atomic E-state index is 0.0412. The molecule has 2 aliphatic rings. The number of rotatable bonds is 4. The molecule has 3 N–H and O–H groups in total. The van der Waals surface area contributed by atoms with Crippen LogP contribution in [-0.4, -0.2) is 42.5 Å². The number of nitrogens with two attached hydrogens (primary N) is 1. The van der Waals surface area contributed by atoms with Crippen LogP contribution in [0.25, 0.3) is 0 Å². The maximum atomic E-state index is 11.5. The number of carbonyl (C=O) groups excluding carboxylic acids is 1. The molecule has 0 atom stereocenters. The van der Waals surface area contributed by atoms with Crippen molar-refractivity contribution in [2.45, 2.75) is 37.6 Å². The van der Waals surface area contributed by atoms with Gasteiger partial charge in [0.1, 0.15) is 0 Å². The molecule has 1 saturated heterocycles. The van der Waals surface area contributed by atoms with Crippen LogP contribution in [0.4, 0.5) is 0 Å². The first-order chi connectivity index (χ1) is 7.21. The fourth-order valence-corrected chi connectivity index (χ4v) is 2.05. The van der Waals surface area contributed by atoms with Crippen molar-refractivity contribution in [3.63, 3.8) is 0 Å². The van der Waals surface area contributed by atoms with Gasteiger partial charge in [0.25, 0.3) is 0 Å². The number of hydrogen-bond donors (Lipinski definition) is 2. The Morgan fingerprint density at radius 2 is 1.93 bits per heavy atom. The van der Waals surface area contributed by atoms with Crippen molar-refractivity contribution in [1.29, 1.82) is 0 Å². The van der Waals surface area contributed by atoms with E-state index in [1.807, 2.05) is 0 Å². The monoisotopic (exact) mass is 211 g/mol. The van der Waals surface area contributed by atoms with E-state index in [0.717, 1.165) is 25.9 Å². The van der Waals surface area contributed by atoms with Gasteiger partial charge in [-0.1, -0.05) is 6.42 Å². The molecule has 0 radical (unpaired) electrons. The Bertz CT molecular complexity index is 232. The van der Waals surface area contributed by atoms with Crippen molar-refractivity contribution in [3.05, 3.63) is 0 Å². The maximum Gasteiger partial charge on any atom is 0.240 e. The molecular weight excluding hydrogens is 190 g/mol. The van der Waals surface area contributed by atoms with Crippen molar-refractivity contribution < 1.29 is 4.79 Å². The summed E-state index contributed by atoms with van der Waals surface area (Å²) < 4.78 is 0. The van der Waals surface area contributed by atoms with Gasteiger partial charge in [0.2, 0.25) is 5.91 Å². The highest BCUT2D eigenvalue weighted by atomic mass is 16.2. The quantitative estimate of drug-likeness (QED) is 0.692. The number of piperidine rings is 1. The third kappa shape index (κ3) is 2.92. The fourth-order valence-electron chi connectivity index (χ4n) is 2.05. The summed E-state index contributed by atoms with van der Waals surface area (Å²) in [7, 11) is 0. The zero-order valence-electron chi connectivity index (χ0n) is 9.30. The summed E-state index contributed by atoms with van der Waals surface area (Å²) in [5, 5.41) is 2.93. The van der Waals surface area contributed by atoms with Crippen LogP contribution >= 0.6 is 0 Å². The van der Waals surface area contributed by atoms with E-state index in [0.29, 0.717) is 0 Å². The molecule has 1 saturated carbocycles. The summed E-state index contributed by atoms with van der Waals surface area (Å²) in [4.78, 5) is 13.9. The van der Waals surface area contributed by atoms with Crippen molar-refractivity contribution in [2.24, 2.45) is 5.73 Å². The summed E-state index contributed by atoms with van der Waals surface area (Å²) >= 11 is 0. The highest BCUT2D eigenvalue weighted by Gasteiger charge is 2.45. The van der Waals surface area contributed by atoms with Gasteiger partial charge in [0.05, 0.1) is 5.54 Å². The second-order valence-corrected chi connectivity index (χ2v) is 4.81. The van der Waals surface area contributed by atoms with Gasteiger partial charge < -0.3 is 16.0 Å². The third-order valence-electron chi connectivity index (χ3n) is 3.40. The first kappa shape index (κ1) is 10.9. The molecule has 1 amide bonds. The molecule has 0 bridgehead atoms. The van der Waals surface area contributed by atoms with E-state index in [4.69, 9.17) is 5.73 Å². The molecule has 1 aliphatic heterocycles. The Morgan fingerprint density at radius 3 is 2.53 bits per heavy atom. The van der Waals surface area contributed by atoms with E-state index < -0.39 is 5.54 Å². The Morgan fingerprint density at radius 1 is 1.27 bits per heavy atom. The second kappa shape index (κ2) is 4.49. The van der Waals surface area contributed by atoms with Crippen LogP contribution in [0.2, 0.25) is 0 Å². The molecule has 4 heteroatoms. The first-order valence-corrected chi connectivity index (χ1v) is 6.00. The molecule has 0 aromatic heterocycles. The Labute approximate surface area is 91.2 Å². The number of nitrogens with one attached hydrogen (secondary N) is 1. The normalized spacial score (nSPS) is 24.9. The summed E-state index contributed by atoms with van der Waals surface area (Å²) in [5.74, 6) is 0.0412. The van der Waals surface area contributed by atoms with Crippen LogP contribution in [-0.2, 0) is 4.79 Å². The van der Waals surface area contributed by atoms with Crippen LogP contribution in [0.15, 0.2) is 0 Å². The number of carbonyl (C=O) groups is 1. The first-order valence-electron chi connectivity index (χ1n) is 6.00. The van der Waals surface area contributed by atoms with Crippen LogP contribution in [0.1, 0.15) is 32.1 Å². The Kier molecular flexibility index (Phi) is 3.26. The van der Waals surface area contributed by atoms with Gasteiger partial charge in [0.15, 0.2) is 0 Å². The minimum Gasteiger partial charge on any atom is -0.353 e. The van der Waals surface area contributed by atoms with E-state index in [9.17, 15) is 4.79 Å². The van der Waals surface area contributed by atoms with Crippen molar-refractivity contribution in [2.75, 3.05) is 26.2 Å². The van der Waals surface area contributed by atoms with E-state index in [1.165, 1.54) is 32.4 Å². The Balaban J connectivity index is 1.59. The van der Waals surface area contributed by atoms with Gasteiger partial charge in [-0.05, 0) is 38.8 Å². The molecule has 1 aliphatic carbocycles. The van der Waals surface area contributed by atoms with Crippen LogP contribution in [0.5, 0.6) is 0 Å². The fraction of sp³-hybridized carbons (Fsp3) is 0.909. The van der Waals surface area contributed by atoms with E-state index in [2.05, 4.69) is 10.2 Å². The molecule has 0 unspecified atom stereocenters. The van der Waals surface area contributed by atoms with Crippen LogP contribution < -0.4 is 11.1 Å². The van der Waals surface area contributed by atoms with Gasteiger partial charge in [-0.3, -0.25) is 4.79 Å². The molecule has 0 aromatic carbocycles. The SMILES string of the molecule is NC1(C(=O)NCCN2CCCCC2)CC1. The number of amides is 1. The summed E-state index contributed by atoms with van der Waals surface area (Å²) in [6.07, 6.45) is 5.66. The smallest absolute Gasteiger partial charge is 0.240 e. The van der Waals surface area contributed by atoms with Gasteiger partial charge in [0, 0.05) is 13.1 Å². The second-order valence-electron chi connectivity index (χ2n) is 4.81. The minimum atomic E-state index is -0.512. The molecule has 1 heterocycles. The van der Waals surface area contributed by atoms with E-state index in [1.54, 1.807) is 0 Å². The van der Waals surface area contributed by atoms with Crippen LogP contribution in [0, 0.1) is 0 Å². The topological polar surface area (TPSA) is 58.4 Å². The average molecular weight is 211 g/mol. The number of nitrogens with zero attached hydrogens (tertiary/aromatic N) is 1. The van der Waals surface area contributed by atoms with Crippen LogP contribution in [0.3, 0.4) is 0 Å². The third-order valence-corrected chi connectivity index (χ3v) is 3.40. The zero-order chi connectivity index (χ0) is 10.7. The lowest BCUT2D eigenvalue weighted by atomic mass is 10.1. The lowest BCUT2D eigenvalue weighted by molar-refractivity contribution is -0.123. The number of likely N-dealkylation sites (tertiary alicyclic amines) is 1. The molecule has 15 heavy (non-hydrogen) atoms. The molecular formula is C11H21N3O. The molecule has 2 fully saturated rings. The summed E-state index contributed by atoms with van der Waals surface area (Å²) in [6, 6.07) is 0. The summed E-state index contributed by atoms with van der Waals surface area (Å²) in [6.45, 7) is 4.09. The average Bonchev–Trinajstić information content (AvgIpc) is 2.99. The zero-order valence-corrected chi connectivity index (χ0v) is 9.30. The molecule has 2 rings (SSSR count). The van der Waals surface area contributed by atoms with Crippen molar-refractivity contribution in [3.8, 4) is 0 Å². The summed E-state index contributed by atoms with van der Waals surface area (Å²) in [5.41, 5.74) is 5.27. The van der Waals surface area contributed by atoms with Gasteiger partial charge in [-0.2, -0.15) is 0 Å². The lowest BCUT2D eigenvalue weighted by Gasteiger charge is -2.26. The van der Waals surface area contributed by atoms with Gasteiger partial charge in [-0.15, -0.1) is 0 Å². The Hall–Kier alpha value is -0.610. The predicted octanol–water partition coefficient (Wildman–Crippen LogP) is 0.0798. The molecule has 0 spiro atoms. The van der Waals surface area contributed by atoms with Gasteiger partial charge in [-0.25, -0.2) is 0 Å². The largest absolute Gasteiger partial charge is 0.353 e. The van der Waals surface area contributed by atoms with E-state index in [-0.39, 0.29) is 5.91 Å². The standard InChI is InChI=1S/C11H21N3O/c12-11(4-5-11)10(15)13-6-9-14-7-2-1-3-8-14/h1-9,12H2,(H,13,15).